The molecule has 0 aliphatic carbocycles. The summed E-state index contributed by atoms with van der Waals surface area (Å²) in [5, 5.41) is 3.35. The van der Waals surface area contributed by atoms with Crippen molar-refractivity contribution in [1.29, 1.82) is 0 Å². The van der Waals surface area contributed by atoms with Gasteiger partial charge in [-0.15, -0.1) is 0 Å². The third-order valence-corrected chi connectivity index (χ3v) is 5.19. The van der Waals surface area contributed by atoms with Crippen molar-refractivity contribution in [1.82, 2.24) is 19.9 Å². The van der Waals surface area contributed by atoms with Crippen LogP contribution in [0, 0.1) is 0 Å². The fourth-order valence-electron chi connectivity index (χ4n) is 3.26. The van der Waals surface area contributed by atoms with Gasteiger partial charge in [0.15, 0.2) is 5.16 Å². The first kappa shape index (κ1) is 16.3. The Morgan fingerprint density at radius 3 is 2.60 bits per heavy atom. The smallest absolute Gasteiger partial charge is 0.189 e. The SMILES string of the molecule is CSc1nccc(N2CCN(Cc3nccc4ccccc34)CC2)n1. The monoisotopic (exact) mass is 351 g/mol. The first-order chi connectivity index (χ1) is 12.3. The molecule has 2 aromatic heterocycles. The van der Waals surface area contributed by atoms with Crippen LogP contribution in [-0.4, -0.2) is 52.3 Å². The second-order valence-electron chi connectivity index (χ2n) is 6.14. The number of rotatable bonds is 4. The van der Waals surface area contributed by atoms with Crippen molar-refractivity contribution in [3.05, 3.63) is 54.5 Å². The van der Waals surface area contributed by atoms with Crippen LogP contribution in [0.4, 0.5) is 5.82 Å². The highest BCUT2D eigenvalue weighted by Crippen LogP contribution is 2.20. The second kappa shape index (κ2) is 7.37. The molecule has 6 heteroatoms. The molecule has 0 bridgehead atoms. The van der Waals surface area contributed by atoms with Crippen molar-refractivity contribution in [2.75, 3.05) is 37.3 Å². The summed E-state index contributed by atoms with van der Waals surface area (Å²) in [6.07, 6.45) is 5.77. The Morgan fingerprint density at radius 1 is 0.960 bits per heavy atom. The summed E-state index contributed by atoms with van der Waals surface area (Å²) in [6, 6.07) is 12.6. The fourth-order valence-corrected chi connectivity index (χ4v) is 3.61. The van der Waals surface area contributed by atoms with E-state index in [9.17, 15) is 0 Å². The van der Waals surface area contributed by atoms with Gasteiger partial charge in [-0.05, 0) is 23.8 Å². The molecule has 0 amide bonds. The van der Waals surface area contributed by atoms with Crippen molar-refractivity contribution in [2.24, 2.45) is 0 Å². The molecule has 0 saturated carbocycles. The van der Waals surface area contributed by atoms with Crippen LogP contribution in [-0.2, 0) is 6.54 Å². The van der Waals surface area contributed by atoms with Gasteiger partial charge in [-0.2, -0.15) is 0 Å². The van der Waals surface area contributed by atoms with Gasteiger partial charge in [0.25, 0.3) is 0 Å². The van der Waals surface area contributed by atoms with Crippen LogP contribution in [0.5, 0.6) is 0 Å². The van der Waals surface area contributed by atoms with Gasteiger partial charge in [-0.25, -0.2) is 9.97 Å². The minimum Gasteiger partial charge on any atom is -0.354 e. The lowest BCUT2D eigenvalue weighted by Crippen LogP contribution is -2.46. The molecule has 5 nitrogen and oxygen atoms in total. The largest absolute Gasteiger partial charge is 0.354 e. The highest BCUT2D eigenvalue weighted by Gasteiger charge is 2.19. The maximum Gasteiger partial charge on any atom is 0.189 e. The lowest BCUT2D eigenvalue weighted by atomic mass is 10.1. The quantitative estimate of drug-likeness (QED) is 0.532. The van der Waals surface area contributed by atoms with E-state index in [1.54, 1.807) is 11.8 Å². The van der Waals surface area contributed by atoms with Crippen LogP contribution in [0.15, 0.2) is 53.9 Å². The van der Waals surface area contributed by atoms with Gasteiger partial charge in [0, 0.05) is 50.5 Å². The van der Waals surface area contributed by atoms with Crippen LogP contribution in [0.25, 0.3) is 10.8 Å². The van der Waals surface area contributed by atoms with Gasteiger partial charge < -0.3 is 4.90 Å². The predicted octanol–water partition coefficient (Wildman–Crippen LogP) is 3.07. The van der Waals surface area contributed by atoms with E-state index in [1.165, 1.54) is 16.5 Å². The van der Waals surface area contributed by atoms with Crippen molar-refractivity contribution in [3.63, 3.8) is 0 Å². The molecule has 3 aromatic rings. The van der Waals surface area contributed by atoms with Crippen LogP contribution >= 0.6 is 11.8 Å². The molecule has 25 heavy (non-hydrogen) atoms. The standard InChI is InChI=1S/C19H21N5S/c1-25-19-21-9-7-18(22-19)24-12-10-23(11-13-24)14-17-16-5-3-2-4-15(16)6-8-20-17/h2-9H,10-14H2,1H3. The maximum atomic E-state index is 4.62. The average Bonchev–Trinajstić information content (AvgIpc) is 2.69. The molecular weight excluding hydrogens is 330 g/mol. The van der Waals surface area contributed by atoms with Crippen LogP contribution in [0.1, 0.15) is 5.69 Å². The Balaban J connectivity index is 1.43. The molecule has 1 aliphatic rings. The number of aromatic nitrogens is 3. The van der Waals surface area contributed by atoms with E-state index >= 15 is 0 Å². The fraction of sp³-hybridized carbons (Fsp3) is 0.316. The summed E-state index contributed by atoms with van der Waals surface area (Å²) < 4.78 is 0. The Hall–Kier alpha value is -2.18. The van der Waals surface area contributed by atoms with Crippen molar-refractivity contribution >= 4 is 28.4 Å². The second-order valence-corrected chi connectivity index (χ2v) is 6.92. The van der Waals surface area contributed by atoms with E-state index in [0.29, 0.717) is 0 Å². The van der Waals surface area contributed by atoms with Crippen molar-refractivity contribution in [3.8, 4) is 0 Å². The van der Waals surface area contributed by atoms with Gasteiger partial charge in [-0.1, -0.05) is 36.0 Å². The lowest BCUT2D eigenvalue weighted by Gasteiger charge is -2.35. The molecule has 1 aliphatic heterocycles. The molecule has 1 aromatic carbocycles. The molecule has 1 saturated heterocycles. The summed E-state index contributed by atoms with van der Waals surface area (Å²) in [5.41, 5.74) is 1.17. The number of benzene rings is 1. The van der Waals surface area contributed by atoms with E-state index in [1.807, 2.05) is 24.7 Å². The summed E-state index contributed by atoms with van der Waals surface area (Å²) >= 11 is 1.58. The number of fused-ring (bicyclic) bond motifs is 1. The van der Waals surface area contributed by atoms with Crippen molar-refractivity contribution < 1.29 is 0 Å². The van der Waals surface area contributed by atoms with E-state index in [4.69, 9.17) is 0 Å². The minimum absolute atomic E-state index is 0.833. The van der Waals surface area contributed by atoms with Gasteiger partial charge in [0.2, 0.25) is 0 Å². The Morgan fingerprint density at radius 2 is 1.76 bits per heavy atom. The highest BCUT2D eigenvalue weighted by molar-refractivity contribution is 7.98. The molecule has 4 rings (SSSR count). The molecule has 0 N–H and O–H groups in total. The average molecular weight is 351 g/mol. The molecule has 128 valence electrons. The van der Waals surface area contributed by atoms with E-state index in [0.717, 1.165) is 43.7 Å². The zero-order valence-corrected chi connectivity index (χ0v) is 15.1. The molecule has 0 spiro atoms. The van der Waals surface area contributed by atoms with Crippen molar-refractivity contribution in [2.45, 2.75) is 11.7 Å². The number of thioether (sulfide) groups is 1. The van der Waals surface area contributed by atoms with Gasteiger partial charge in [-0.3, -0.25) is 9.88 Å². The Bertz CT molecular complexity index is 856. The summed E-state index contributed by atoms with van der Waals surface area (Å²) in [5.74, 6) is 1.03. The maximum absolute atomic E-state index is 4.62. The Kier molecular flexibility index (Phi) is 4.81. The highest BCUT2D eigenvalue weighted by atomic mass is 32.2. The van der Waals surface area contributed by atoms with Crippen LogP contribution in [0.3, 0.4) is 0 Å². The summed E-state index contributed by atoms with van der Waals surface area (Å²) in [4.78, 5) is 18.3. The molecule has 0 atom stereocenters. The third-order valence-electron chi connectivity index (χ3n) is 4.63. The minimum atomic E-state index is 0.833. The first-order valence-electron chi connectivity index (χ1n) is 8.50. The molecular formula is C19H21N5S. The van der Waals surface area contributed by atoms with E-state index in [-0.39, 0.29) is 0 Å². The summed E-state index contributed by atoms with van der Waals surface area (Å²) in [6.45, 7) is 4.90. The van der Waals surface area contributed by atoms with E-state index < -0.39 is 0 Å². The number of nitrogens with zero attached hydrogens (tertiary/aromatic N) is 5. The molecule has 1 fully saturated rings. The van der Waals surface area contributed by atoms with Gasteiger partial charge in [0.1, 0.15) is 5.82 Å². The third kappa shape index (κ3) is 3.60. The lowest BCUT2D eigenvalue weighted by molar-refractivity contribution is 0.247. The first-order valence-corrected chi connectivity index (χ1v) is 9.73. The molecule has 0 radical (unpaired) electrons. The van der Waals surface area contributed by atoms with Crippen LogP contribution < -0.4 is 4.90 Å². The zero-order valence-electron chi connectivity index (χ0n) is 14.3. The zero-order chi connectivity index (χ0) is 17.1. The molecule has 0 unspecified atom stereocenters. The van der Waals surface area contributed by atoms with Crippen LogP contribution in [0.2, 0.25) is 0 Å². The number of pyridine rings is 1. The van der Waals surface area contributed by atoms with Gasteiger partial charge >= 0.3 is 0 Å². The normalized spacial score (nSPS) is 15.6. The number of hydrogen-bond acceptors (Lipinski definition) is 6. The molecule has 3 heterocycles. The number of anilines is 1. The van der Waals surface area contributed by atoms with Gasteiger partial charge in [0.05, 0.1) is 5.69 Å². The predicted molar refractivity (Wildman–Crippen MR) is 103 cm³/mol. The topological polar surface area (TPSA) is 45.2 Å². The Labute approximate surface area is 152 Å². The van der Waals surface area contributed by atoms with E-state index in [2.05, 4.69) is 55.1 Å². The summed E-state index contributed by atoms with van der Waals surface area (Å²) in [7, 11) is 0. The number of hydrogen-bond donors (Lipinski definition) is 0. The number of piperazine rings is 1.